The van der Waals surface area contributed by atoms with E-state index >= 15 is 0 Å². The molecule has 1 aromatic carbocycles. The average molecular weight is 360 g/mol. The van der Waals surface area contributed by atoms with E-state index in [2.05, 4.69) is 16.0 Å². The second-order valence-electron chi connectivity index (χ2n) is 6.44. The third-order valence-electron chi connectivity index (χ3n) is 4.54. The van der Waals surface area contributed by atoms with Crippen LogP contribution in [0.15, 0.2) is 24.3 Å². The van der Waals surface area contributed by atoms with E-state index in [9.17, 15) is 19.2 Å². The number of para-hydroxylation sites is 1. The van der Waals surface area contributed by atoms with Crippen LogP contribution in [0.5, 0.6) is 0 Å². The van der Waals surface area contributed by atoms with E-state index in [1.54, 1.807) is 24.3 Å². The van der Waals surface area contributed by atoms with Gasteiger partial charge in [0.15, 0.2) is 0 Å². The van der Waals surface area contributed by atoms with Gasteiger partial charge in [-0.2, -0.15) is 0 Å². The second kappa shape index (κ2) is 8.46. The first kappa shape index (κ1) is 19.4. The van der Waals surface area contributed by atoms with Gasteiger partial charge >= 0.3 is 0 Å². The van der Waals surface area contributed by atoms with Crippen LogP contribution in [-0.2, 0) is 14.4 Å². The van der Waals surface area contributed by atoms with Crippen molar-refractivity contribution in [3.63, 3.8) is 0 Å². The van der Waals surface area contributed by atoms with Gasteiger partial charge in [0.25, 0.3) is 5.91 Å². The fourth-order valence-electron chi connectivity index (χ4n) is 2.72. The Labute approximate surface area is 151 Å². The van der Waals surface area contributed by atoms with E-state index in [1.807, 2.05) is 13.8 Å². The Bertz CT molecular complexity index is 719. The van der Waals surface area contributed by atoms with Gasteiger partial charge in [-0.15, -0.1) is 0 Å². The molecule has 2 unspecified atom stereocenters. The lowest BCUT2D eigenvalue weighted by atomic mass is 9.96. The van der Waals surface area contributed by atoms with Crippen molar-refractivity contribution in [2.75, 3.05) is 5.73 Å². The highest BCUT2D eigenvalue weighted by molar-refractivity contribution is 6.03. The van der Waals surface area contributed by atoms with E-state index < -0.39 is 29.8 Å². The molecule has 2 rings (SSSR count). The number of hydrogen-bond donors (Lipinski definition) is 4. The summed E-state index contributed by atoms with van der Waals surface area (Å²) in [5.74, 6) is -1.95. The quantitative estimate of drug-likeness (QED) is 0.429. The number of nitrogen functional groups attached to an aromatic ring is 1. The van der Waals surface area contributed by atoms with Gasteiger partial charge < -0.3 is 16.4 Å². The molecule has 1 aromatic rings. The summed E-state index contributed by atoms with van der Waals surface area (Å²) in [7, 11) is 0. The van der Waals surface area contributed by atoms with Crippen molar-refractivity contribution in [3.05, 3.63) is 29.8 Å². The summed E-state index contributed by atoms with van der Waals surface area (Å²) in [4.78, 5) is 48.2. The van der Waals surface area contributed by atoms with E-state index in [0.29, 0.717) is 12.1 Å². The summed E-state index contributed by atoms with van der Waals surface area (Å²) in [6.07, 6.45) is 1.05. The first-order chi connectivity index (χ1) is 12.3. The molecule has 0 saturated carbocycles. The lowest BCUT2D eigenvalue weighted by Gasteiger charge is -2.27. The van der Waals surface area contributed by atoms with Crippen molar-refractivity contribution in [1.29, 1.82) is 0 Å². The Morgan fingerprint density at radius 2 is 2.00 bits per heavy atom. The number of nitrogens with two attached hydrogens (primary N) is 1. The molecule has 8 heteroatoms. The number of imide groups is 1. The number of carbonyl (C=O) groups is 4. The fourth-order valence-corrected chi connectivity index (χ4v) is 2.72. The molecule has 1 heterocycles. The minimum Gasteiger partial charge on any atom is -0.398 e. The van der Waals surface area contributed by atoms with Gasteiger partial charge in [-0.3, -0.25) is 24.5 Å². The van der Waals surface area contributed by atoms with Crippen LogP contribution in [0.3, 0.4) is 0 Å². The standard InChI is InChI=1S/C18H24N4O4/c1-3-10(2)15(22-16(24)11-6-4-5-7-12(11)19)18(26)20-13-8-9-14(23)21-17(13)25/h4-7,10,13,15H,3,8-9,19H2,1-2H3,(H,20,26)(H,22,24)(H,21,23,25)/t10?,13?,15-/m0/s1. The summed E-state index contributed by atoms with van der Waals surface area (Å²) in [6, 6.07) is 4.98. The van der Waals surface area contributed by atoms with Gasteiger partial charge in [0.1, 0.15) is 12.1 Å². The second-order valence-corrected chi connectivity index (χ2v) is 6.44. The number of rotatable bonds is 6. The topological polar surface area (TPSA) is 130 Å². The van der Waals surface area contributed by atoms with Crippen LogP contribution in [0.2, 0.25) is 0 Å². The Hall–Kier alpha value is -2.90. The lowest BCUT2D eigenvalue weighted by Crippen LogP contribution is -2.57. The largest absolute Gasteiger partial charge is 0.398 e. The van der Waals surface area contributed by atoms with Gasteiger partial charge in [0.05, 0.1) is 5.56 Å². The van der Waals surface area contributed by atoms with Crippen LogP contribution in [0, 0.1) is 5.92 Å². The molecule has 0 aromatic heterocycles. The Morgan fingerprint density at radius 3 is 2.62 bits per heavy atom. The van der Waals surface area contributed by atoms with Crippen LogP contribution in [0.1, 0.15) is 43.5 Å². The van der Waals surface area contributed by atoms with Gasteiger partial charge in [-0.25, -0.2) is 0 Å². The van der Waals surface area contributed by atoms with Crippen molar-refractivity contribution >= 4 is 29.3 Å². The van der Waals surface area contributed by atoms with Crippen LogP contribution in [-0.4, -0.2) is 35.7 Å². The molecule has 1 saturated heterocycles. The molecule has 4 amide bonds. The normalized spacial score (nSPS) is 19.2. The molecule has 0 aliphatic carbocycles. The predicted molar refractivity (Wildman–Crippen MR) is 95.9 cm³/mol. The van der Waals surface area contributed by atoms with Crippen LogP contribution in [0.25, 0.3) is 0 Å². The molecule has 1 aliphatic heterocycles. The van der Waals surface area contributed by atoms with E-state index in [1.165, 1.54) is 0 Å². The molecule has 0 spiro atoms. The molecule has 5 N–H and O–H groups in total. The number of nitrogens with one attached hydrogen (secondary N) is 3. The van der Waals surface area contributed by atoms with Crippen LogP contribution >= 0.6 is 0 Å². The van der Waals surface area contributed by atoms with Gasteiger partial charge in [0.2, 0.25) is 17.7 Å². The maximum atomic E-state index is 12.7. The van der Waals surface area contributed by atoms with Crippen molar-refractivity contribution in [3.8, 4) is 0 Å². The average Bonchev–Trinajstić information content (AvgIpc) is 2.61. The number of benzene rings is 1. The Balaban J connectivity index is 2.10. The zero-order valence-corrected chi connectivity index (χ0v) is 14.9. The Kier molecular flexibility index (Phi) is 6.32. The van der Waals surface area contributed by atoms with Crippen LogP contribution < -0.4 is 21.7 Å². The zero-order valence-electron chi connectivity index (χ0n) is 14.9. The van der Waals surface area contributed by atoms with E-state index in [4.69, 9.17) is 5.73 Å². The lowest BCUT2D eigenvalue weighted by molar-refractivity contribution is -0.137. The first-order valence-corrected chi connectivity index (χ1v) is 8.63. The van der Waals surface area contributed by atoms with Crippen molar-refractivity contribution in [2.24, 2.45) is 5.92 Å². The molecule has 3 atom stereocenters. The summed E-state index contributed by atoms with van der Waals surface area (Å²) in [5.41, 5.74) is 6.42. The summed E-state index contributed by atoms with van der Waals surface area (Å²) in [6.45, 7) is 3.74. The number of amides is 4. The molecule has 1 aliphatic rings. The van der Waals surface area contributed by atoms with Gasteiger partial charge in [0, 0.05) is 12.1 Å². The molecule has 140 valence electrons. The molecule has 0 radical (unpaired) electrons. The Morgan fingerprint density at radius 1 is 1.31 bits per heavy atom. The number of piperidine rings is 1. The predicted octanol–water partition coefficient (Wildman–Crippen LogP) is 0.335. The van der Waals surface area contributed by atoms with Gasteiger partial charge in [-0.1, -0.05) is 32.4 Å². The number of anilines is 1. The minimum atomic E-state index is -0.822. The van der Waals surface area contributed by atoms with Crippen LogP contribution in [0.4, 0.5) is 5.69 Å². The van der Waals surface area contributed by atoms with E-state index in [-0.39, 0.29) is 30.2 Å². The molecular formula is C18H24N4O4. The third-order valence-corrected chi connectivity index (χ3v) is 4.54. The first-order valence-electron chi connectivity index (χ1n) is 8.63. The number of hydrogen-bond acceptors (Lipinski definition) is 5. The van der Waals surface area contributed by atoms with Crippen molar-refractivity contribution in [1.82, 2.24) is 16.0 Å². The van der Waals surface area contributed by atoms with Crippen molar-refractivity contribution in [2.45, 2.75) is 45.2 Å². The van der Waals surface area contributed by atoms with E-state index in [0.717, 1.165) is 0 Å². The highest BCUT2D eigenvalue weighted by Gasteiger charge is 2.32. The highest BCUT2D eigenvalue weighted by atomic mass is 16.2. The molecule has 0 bridgehead atoms. The molecule has 1 fully saturated rings. The summed E-state index contributed by atoms with van der Waals surface area (Å²) < 4.78 is 0. The SMILES string of the molecule is CCC(C)[C@H](NC(=O)c1ccccc1N)C(=O)NC1CCC(=O)NC1=O. The molecular weight excluding hydrogens is 336 g/mol. The zero-order chi connectivity index (χ0) is 19.3. The summed E-state index contributed by atoms with van der Waals surface area (Å²) in [5, 5.41) is 7.53. The number of carbonyl (C=O) groups excluding carboxylic acids is 4. The molecule has 26 heavy (non-hydrogen) atoms. The smallest absolute Gasteiger partial charge is 0.254 e. The fraction of sp³-hybridized carbons (Fsp3) is 0.444. The minimum absolute atomic E-state index is 0.155. The maximum Gasteiger partial charge on any atom is 0.254 e. The van der Waals surface area contributed by atoms with Gasteiger partial charge in [-0.05, 0) is 24.5 Å². The van der Waals surface area contributed by atoms with Crippen molar-refractivity contribution < 1.29 is 19.2 Å². The highest BCUT2D eigenvalue weighted by Crippen LogP contribution is 2.14. The monoisotopic (exact) mass is 360 g/mol. The summed E-state index contributed by atoms with van der Waals surface area (Å²) >= 11 is 0. The third kappa shape index (κ3) is 4.59. The molecule has 8 nitrogen and oxygen atoms in total. The maximum absolute atomic E-state index is 12.7.